The molecule has 110 valence electrons. The molecule has 0 spiro atoms. The summed E-state index contributed by atoms with van der Waals surface area (Å²) in [5.74, 6) is 0.967. The second-order valence-corrected chi connectivity index (χ2v) is 5.97. The van der Waals surface area contributed by atoms with E-state index in [9.17, 15) is 0 Å². The summed E-state index contributed by atoms with van der Waals surface area (Å²) in [6.07, 6.45) is 3.27. The number of rotatable bonds is 2. The van der Waals surface area contributed by atoms with Crippen LogP contribution in [0.2, 0.25) is 0 Å². The van der Waals surface area contributed by atoms with Gasteiger partial charge in [0.25, 0.3) is 0 Å². The summed E-state index contributed by atoms with van der Waals surface area (Å²) in [5.41, 5.74) is 11.6. The fourth-order valence-electron chi connectivity index (χ4n) is 3.11. The number of nitrogens with two attached hydrogens (primary N) is 1. The average molecular weight is 281 g/mol. The van der Waals surface area contributed by atoms with Crippen LogP contribution in [0, 0.1) is 13.8 Å². The summed E-state index contributed by atoms with van der Waals surface area (Å²) in [5, 5.41) is 0. The van der Waals surface area contributed by atoms with Gasteiger partial charge in [-0.15, -0.1) is 0 Å². The van der Waals surface area contributed by atoms with Crippen molar-refractivity contribution in [3.05, 3.63) is 64.7 Å². The summed E-state index contributed by atoms with van der Waals surface area (Å²) >= 11 is 0. The fourth-order valence-corrected chi connectivity index (χ4v) is 3.11. The Balaban J connectivity index is 1.88. The van der Waals surface area contributed by atoms with E-state index in [0.29, 0.717) is 0 Å². The maximum atomic E-state index is 6.50. The lowest BCUT2D eigenvalue weighted by molar-refractivity contribution is 0.161. The summed E-state index contributed by atoms with van der Waals surface area (Å²) in [6, 6.07) is 14.7. The van der Waals surface area contributed by atoms with Crippen molar-refractivity contribution in [3.63, 3.8) is 0 Å². The molecule has 0 bridgehead atoms. The van der Waals surface area contributed by atoms with E-state index in [1.165, 1.54) is 22.3 Å². The minimum absolute atomic E-state index is 0.0501. The summed E-state index contributed by atoms with van der Waals surface area (Å²) < 4.78 is 6.29. The molecule has 1 aliphatic rings. The van der Waals surface area contributed by atoms with E-state index < -0.39 is 0 Å². The Kier molecular flexibility index (Phi) is 3.98. The fraction of sp³-hybridized carbons (Fsp3) is 0.368. The van der Waals surface area contributed by atoms with Crippen molar-refractivity contribution in [2.75, 3.05) is 0 Å². The topological polar surface area (TPSA) is 35.2 Å². The Bertz CT molecular complexity index is 635. The molecule has 0 saturated heterocycles. The van der Waals surface area contributed by atoms with Crippen LogP contribution < -0.4 is 10.5 Å². The average Bonchev–Trinajstić information content (AvgIpc) is 2.65. The molecule has 21 heavy (non-hydrogen) atoms. The van der Waals surface area contributed by atoms with Gasteiger partial charge >= 0.3 is 0 Å². The molecule has 2 aromatic rings. The highest BCUT2D eigenvalue weighted by molar-refractivity contribution is 5.39. The number of benzene rings is 2. The largest absolute Gasteiger partial charge is 0.488 e. The number of fused-ring (bicyclic) bond motifs is 1. The van der Waals surface area contributed by atoms with Crippen LogP contribution in [0.4, 0.5) is 0 Å². The van der Waals surface area contributed by atoms with Gasteiger partial charge in [0, 0.05) is 0 Å². The number of aryl methyl sites for hydroxylation is 2. The third-order valence-electron chi connectivity index (χ3n) is 4.58. The third-order valence-corrected chi connectivity index (χ3v) is 4.58. The predicted molar refractivity (Wildman–Crippen MR) is 86.6 cm³/mol. The number of hydrogen-bond acceptors (Lipinski definition) is 2. The van der Waals surface area contributed by atoms with E-state index in [0.717, 1.165) is 25.0 Å². The van der Waals surface area contributed by atoms with Gasteiger partial charge in [0.05, 0.1) is 6.04 Å². The van der Waals surface area contributed by atoms with Gasteiger partial charge in [-0.3, -0.25) is 0 Å². The molecule has 2 N–H and O–H groups in total. The van der Waals surface area contributed by atoms with Crippen LogP contribution in [0.1, 0.15) is 41.1 Å². The highest BCUT2D eigenvalue weighted by Crippen LogP contribution is 2.31. The van der Waals surface area contributed by atoms with Crippen LogP contribution in [0.25, 0.3) is 0 Å². The first kappa shape index (κ1) is 14.2. The van der Waals surface area contributed by atoms with E-state index in [1.54, 1.807) is 0 Å². The highest BCUT2D eigenvalue weighted by atomic mass is 16.5. The first-order valence-corrected chi connectivity index (χ1v) is 7.73. The molecule has 0 radical (unpaired) electrons. The molecular weight excluding hydrogens is 258 g/mol. The standard InChI is InChI=1S/C19H23NO/c1-13-7-5-11-17(14(13)2)21-18-12-6-9-15-8-3-4-10-16(15)19(18)20/h3-5,7-8,10-11,18-19H,6,9,12,20H2,1-2H3. The van der Waals surface area contributed by atoms with Crippen molar-refractivity contribution < 1.29 is 4.74 Å². The Hall–Kier alpha value is -1.80. The molecule has 2 atom stereocenters. The van der Waals surface area contributed by atoms with Crippen molar-refractivity contribution in [1.82, 2.24) is 0 Å². The van der Waals surface area contributed by atoms with E-state index in [4.69, 9.17) is 10.5 Å². The van der Waals surface area contributed by atoms with Crippen LogP contribution in [0.5, 0.6) is 5.75 Å². The lowest BCUT2D eigenvalue weighted by Crippen LogP contribution is -2.31. The molecule has 0 aromatic heterocycles. The maximum Gasteiger partial charge on any atom is 0.122 e. The zero-order chi connectivity index (χ0) is 14.8. The SMILES string of the molecule is Cc1cccc(OC2CCCc3ccccc3C2N)c1C. The zero-order valence-corrected chi connectivity index (χ0v) is 12.8. The molecule has 2 unspecified atom stereocenters. The minimum Gasteiger partial charge on any atom is -0.488 e. The van der Waals surface area contributed by atoms with Gasteiger partial charge in [-0.1, -0.05) is 36.4 Å². The van der Waals surface area contributed by atoms with E-state index in [-0.39, 0.29) is 12.1 Å². The van der Waals surface area contributed by atoms with Gasteiger partial charge in [-0.2, -0.15) is 0 Å². The second kappa shape index (κ2) is 5.90. The molecule has 2 aromatic carbocycles. The van der Waals surface area contributed by atoms with Gasteiger partial charge in [0.2, 0.25) is 0 Å². The van der Waals surface area contributed by atoms with E-state index in [2.05, 4.69) is 44.2 Å². The molecule has 2 heteroatoms. The molecular formula is C19H23NO. The van der Waals surface area contributed by atoms with E-state index in [1.807, 2.05) is 12.1 Å². The summed E-state index contributed by atoms with van der Waals surface area (Å²) in [4.78, 5) is 0. The molecule has 0 heterocycles. The maximum absolute atomic E-state index is 6.50. The normalized spacial score (nSPS) is 21.5. The van der Waals surface area contributed by atoms with Gasteiger partial charge in [0.1, 0.15) is 11.9 Å². The Labute approximate surface area is 126 Å². The van der Waals surface area contributed by atoms with Crippen molar-refractivity contribution in [1.29, 1.82) is 0 Å². The smallest absolute Gasteiger partial charge is 0.122 e. The van der Waals surface area contributed by atoms with Crippen molar-refractivity contribution in [2.24, 2.45) is 5.73 Å². The van der Waals surface area contributed by atoms with Gasteiger partial charge in [0.15, 0.2) is 0 Å². The monoisotopic (exact) mass is 281 g/mol. The highest BCUT2D eigenvalue weighted by Gasteiger charge is 2.26. The third kappa shape index (κ3) is 2.81. The summed E-state index contributed by atoms with van der Waals surface area (Å²) in [6.45, 7) is 4.23. The molecule has 2 nitrogen and oxygen atoms in total. The summed E-state index contributed by atoms with van der Waals surface area (Å²) in [7, 11) is 0. The van der Waals surface area contributed by atoms with Crippen LogP contribution in [-0.4, -0.2) is 6.10 Å². The van der Waals surface area contributed by atoms with Gasteiger partial charge in [-0.05, 0) is 61.4 Å². The van der Waals surface area contributed by atoms with Crippen LogP contribution in [0.3, 0.4) is 0 Å². The lowest BCUT2D eigenvalue weighted by Gasteiger charge is -2.25. The Morgan fingerprint density at radius 3 is 2.71 bits per heavy atom. The minimum atomic E-state index is -0.0522. The van der Waals surface area contributed by atoms with Gasteiger partial charge < -0.3 is 10.5 Å². The molecule has 1 aliphatic carbocycles. The van der Waals surface area contributed by atoms with Crippen molar-refractivity contribution in [3.8, 4) is 5.75 Å². The zero-order valence-electron chi connectivity index (χ0n) is 12.8. The molecule has 0 fully saturated rings. The Morgan fingerprint density at radius 1 is 1.05 bits per heavy atom. The first-order chi connectivity index (χ1) is 10.2. The van der Waals surface area contributed by atoms with E-state index >= 15 is 0 Å². The second-order valence-electron chi connectivity index (χ2n) is 5.97. The Morgan fingerprint density at radius 2 is 1.86 bits per heavy atom. The lowest BCUT2D eigenvalue weighted by atomic mass is 9.98. The molecule has 0 saturated carbocycles. The molecule has 0 amide bonds. The van der Waals surface area contributed by atoms with Crippen LogP contribution in [-0.2, 0) is 6.42 Å². The van der Waals surface area contributed by atoms with Crippen molar-refractivity contribution in [2.45, 2.75) is 45.3 Å². The number of hydrogen-bond donors (Lipinski definition) is 1. The number of ether oxygens (including phenoxy) is 1. The molecule has 3 rings (SSSR count). The van der Waals surface area contributed by atoms with Crippen molar-refractivity contribution >= 4 is 0 Å². The quantitative estimate of drug-likeness (QED) is 0.842. The van der Waals surface area contributed by atoms with Crippen LogP contribution in [0.15, 0.2) is 42.5 Å². The molecule has 0 aliphatic heterocycles. The first-order valence-electron chi connectivity index (χ1n) is 7.73. The van der Waals surface area contributed by atoms with Crippen LogP contribution >= 0.6 is 0 Å². The predicted octanol–water partition coefficient (Wildman–Crippen LogP) is 4.09. The van der Waals surface area contributed by atoms with Gasteiger partial charge in [-0.25, -0.2) is 0 Å².